The molecular weight excluding hydrogens is 200 g/mol. The molecule has 80 valence electrons. The third-order valence-corrected chi connectivity index (χ3v) is 1.13. The van der Waals surface area contributed by atoms with Crippen molar-refractivity contribution in [2.24, 2.45) is 0 Å². The van der Waals surface area contributed by atoms with Crippen LogP contribution in [0.1, 0.15) is 6.42 Å². The fraction of sp³-hybridized carbons (Fsp3) is 0.100. The molecular formula is C10H10O5. The molecule has 1 aliphatic heterocycles. The van der Waals surface area contributed by atoms with E-state index in [-0.39, 0.29) is 6.42 Å². The molecule has 0 spiro atoms. The van der Waals surface area contributed by atoms with Crippen molar-refractivity contribution in [1.29, 1.82) is 0 Å². The van der Waals surface area contributed by atoms with Crippen LogP contribution in [-0.2, 0) is 19.1 Å². The van der Waals surface area contributed by atoms with Crippen LogP contribution in [0, 0.1) is 0 Å². The number of allylic oxidation sites excluding steroid dienone is 2. The molecule has 0 amide bonds. The predicted molar refractivity (Wildman–Crippen MR) is 51.8 cm³/mol. The van der Waals surface area contributed by atoms with Gasteiger partial charge in [0.05, 0.1) is 6.42 Å². The van der Waals surface area contributed by atoms with Crippen molar-refractivity contribution in [1.82, 2.24) is 0 Å². The van der Waals surface area contributed by atoms with Crippen LogP contribution in [0.25, 0.3) is 0 Å². The maximum atomic E-state index is 10.2. The highest BCUT2D eigenvalue weighted by molar-refractivity contribution is 5.95. The van der Waals surface area contributed by atoms with Crippen molar-refractivity contribution in [2.45, 2.75) is 6.42 Å². The Bertz CT molecular complexity index is 325. The van der Waals surface area contributed by atoms with Crippen molar-refractivity contribution >= 4 is 17.9 Å². The van der Waals surface area contributed by atoms with Crippen molar-refractivity contribution in [3.05, 3.63) is 37.0 Å². The number of carbonyl (C=O) groups excluding carboxylic acids is 2. The van der Waals surface area contributed by atoms with E-state index < -0.39 is 17.9 Å². The van der Waals surface area contributed by atoms with Crippen LogP contribution in [0.4, 0.5) is 0 Å². The van der Waals surface area contributed by atoms with E-state index in [0.29, 0.717) is 0 Å². The van der Waals surface area contributed by atoms with Crippen LogP contribution in [-0.4, -0.2) is 23.0 Å². The highest BCUT2D eigenvalue weighted by atomic mass is 16.6. The van der Waals surface area contributed by atoms with Crippen LogP contribution >= 0.6 is 0 Å². The minimum absolute atomic E-state index is 0.214. The Balaban J connectivity index is 0.000000265. The summed E-state index contributed by atoms with van der Waals surface area (Å²) in [5.74, 6) is -1.99. The van der Waals surface area contributed by atoms with Gasteiger partial charge < -0.3 is 9.84 Å². The molecule has 0 aromatic heterocycles. The largest absolute Gasteiger partial charge is 0.478 e. The second kappa shape index (κ2) is 7.25. The monoisotopic (exact) mass is 210 g/mol. The van der Waals surface area contributed by atoms with Crippen LogP contribution in [0.3, 0.4) is 0 Å². The Labute approximate surface area is 86.3 Å². The summed E-state index contributed by atoms with van der Waals surface area (Å²) in [6.45, 7) is 3.28. The van der Waals surface area contributed by atoms with E-state index in [1.165, 1.54) is 24.3 Å². The van der Waals surface area contributed by atoms with Gasteiger partial charge in [-0.05, 0) is 0 Å². The topological polar surface area (TPSA) is 80.7 Å². The molecule has 5 heteroatoms. The Morgan fingerprint density at radius 1 is 1.53 bits per heavy atom. The molecule has 5 nitrogen and oxygen atoms in total. The van der Waals surface area contributed by atoms with Crippen molar-refractivity contribution in [2.75, 3.05) is 0 Å². The number of hydrogen-bond donors (Lipinski definition) is 1. The summed E-state index contributed by atoms with van der Waals surface area (Å²) in [5, 5.41) is 7.91. The SMILES string of the molecule is C=CC=CC(=O)O.O=C1C=CCC(=O)O1. The van der Waals surface area contributed by atoms with Crippen LogP contribution in [0.5, 0.6) is 0 Å². The molecule has 0 saturated heterocycles. The van der Waals surface area contributed by atoms with Gasteiger partial charge in [0.15, 0.2) is 0 Å². The number of hydrogen-bond acceptors (Lipinski definition) is 4. The lowest BCUT2D eigenvalue weighted by atomic mass is 10.3. The first-order valence-electron chi connectivity index (χ1n) is 3.99. The van der Waals surface area contributed by atoms with E-state index in [1.807, 2.05) is 0 Å². The minimum atomic E-state index is -0.945. The normalized spacial score (nSPS) is 14.1. The molecule has 0 fully saturated rings. The number of carboxylic acids is 1. The minimum Gasteiger partial charge on any atom is -0.478 e. The van der Waals surface area contributed by atoms with Crippen molar-refractivity contribution in [3.8, 4) is 0 Å². The first-order chi connectivity index (χ1) is 7.06. The molecule has 0 saturated carbocycles. The zero-order chi connectivity index (χ0) is 11.7. The van der Waals surface area contributed by atoms with E-state index >= 15 is 0 Å². The molecule has 15 heavy (non-hydrogen) atoms. The lowest BCUT2D eigenvalue weighted by Gasteiger charge is -1.99. The Kier molecular flexibility index (Phi) is 6.20. The summed E-state index contributed by atoms with van der Waals surface area (Å²) in [7, 11) is 0. The Hall–Kier alpha value is -2.17. The highest BCUT2D eigenvalue weighted by Crippen LogP contribution is 1.96. The van der Waals surface area contributed by atoms with E-state index in [0.717, 1.165) is 6.08 Å². The summed E-state index contributed by atoms with van der Waals surface area (Å²) in [6, 6.07) is 0. The maximum absolute atomic E-state index is 10.2. The number of carbonyl (C=O) groups is 3. The molecule has 1 rings (SSSR count). The lowest BCUT2D eigenvalue weighted by Crippen LogP contribution is -2.12. The summed E-state index contributed by atoms with van der Waals surface area (Å²) in [5.41, 5.74) is 0. The first-order valence-corrected chi connectivity index (χ1v) is 3.99. The van der Waals surface area contributed by atoms with Crippen LogP contribution < -0.4 is 0 Å². The number of aliphatic carboxylic acids is 1. The van der Waals surface area contributed by atoms with Gasteiger partial charge in [-0.25, -0.2) is 9.59 Å². The summed E-state index contributed by atoms with van der Waals surface area (Å²) in [4.78, 5) is 29.9. The van der Waals surface area contributed by atoms with Gasteiger partial charge in [-0.3, -0.25) is 4.79 Å². The lowest BCUT2D eigenvalue weighted by molar-refractivity contribution is -0.156. The molecule has 0 aliphatic carbocycles. The number of ether oxygens (including phenoxy) is 1. The molecule has 0 aromatic carbocycles. The van der Waals surface area contributed by atoms with Gasteiger partial charge in [-0.15, -0.1) is 0 Å². The fourth-order valence-electron chi connectivity index (χ4n) is 0.590. The van der Waals surface area contributed by atoms with Gasteiger partial charge >= 0.3 is 17.9 Å². The van der Waals surface area contributed by atoms with Gasteiger partial charge in [0, 0.05) is 12.2 Å². The smallest absolute Gasteiger partial charge is 0.338 e. The van der Waals surface area contributed by atoms with Gasteiger partial charge in [-0.1, -0.05) is 24.8 Å². The average Bonchev–Trinajstić information content (AvgIpc) is 2.15. The van der Waals surface area contributed by atoms with Crippen molar-refractivity contribution in [3.63, 3.8) is 0 Å². The fourth-order valence-corrected chi connectivity index (χ4v) is 0.590. The summed E-state index contributed by atoms with van der Waals surface area (Å²) < 4.78 is 4.12. The predicted octanol–water partition coefficient (Wildman–Crippen LogP) is 0.829. The molecule has 1 N–H and O–H groups in total. The summed E-state index contributed by atoms with van der Waals surface area (Å²) >= 11 is 0. The molecule has 1 aliphatic rings. The number of cyclic esters (lactones) is 2. The standard InChI is InChI=1S/C5H4O3.C5H6O2/c6-4-2-1-3-5(7)8-4;1-2-3-4-5(6)7/h1-2H,3H2;2-4H,1H2,(H,6,7). The quantitative estimate of drug-likeness (QED) is 0.316. The van der Waals surface area contributed by atoms with E-state index in [1.54, 1.807) is 0 Å². The number of esters is 2. The third kappa shape index (κ3) is 8.17. The zero-order valence-corrected chi connectivity index (χ0v) is 7.88. The zero-order valence-electron chi connectivity index (χ0n) is 7.88. The molecule has 0 unspecified atom stereocenters. The second-order valence-electron chi connectivity index (χ2n) is 2.33. The van der Waals surface area contributed by atoms with E-state index in [9.17, 15) is 14.4 Å². The second-order valence-corrected chi connectivity index (χ2v) is 2.33. The van der Waals surface area contributed by atoms with Gasteiger partial charge in [0.25, 0.3) is 0 Å². The van der Waals surface area contributed by atoms with Crippen molar-refractivity contribution < 1.29 is 24.2 Å². The first kappa shape index (κ1) is 12.8. The Morgan fingerprint density at radius 2 is 2.20 bits per heavy atom. The molecule has 0 atom stereocenters. The summed E-state index contributed by atoms with van der Waals surface area (Å²) in [6.07, 6.45) is 6.73. The van der Waals surface area contributed by atoms with E-state index in [2.05, 4.69) is 11.3 Å². The molecule has 0 aromatic rings. The highest BCUT2D eigenvalue weighted by Gasteiger charge is 2.09. The molecule has 0 radical (unpaired) electrons. The average molecular weight is 210 g/mol. The van der Waals surface area contributed by atoms with E-state index in [4.69, 9.17) is 5.11 Å². The van der Waals surface area contributed by atoms with Crippen LogP contribution in [0.2, 0.25) is 0 Å². The van der Waals surface area contributed by atoms with Gasteiger partial charge in [0.2, 0.25) is 0 Å². The number of rotatable bonds is 2. The maximum Gasteiger partial charge on any atom is 0.338 e. The third-order valence-electron chi connectivity index (χ3n) is 1.13. The van der Waals surface area contributed by atoms with Gasteiger partial charge in [0.1, 0.15) is 0 Å². The molecule has 1 heterocycles. The molecule has 0 bridgehead atoms. The van der Waals surface area contributed by atoms with Crippen LogP contribution in [0.15, 0.2) is 37.0 Å². The number of carboxylic acid groups (broad SMARTS) is 1. The van der Waals surface area contributed by atoms with Gasteiger partial charge in [-0.2, -0.15) is 0 Å². The Morgan fingerprint density at radius 3 is 2.47 bits per heavy atom.